The predicted molar refractivity (Wildman–Crippen MR) is 106 cm³/mol. The van der Waals surface area contributed by atoms with Gasteiger partial charge in [-0.15, -0.1) is 0 Å². The number of ether oxygens (including phenoxy) is 2. The van der Waals surface area contributed by atoms with Gasteiger partial charge in [0.2, 0.25) is 5.91 Å². The Bertz CT molecular complexity index is 548. The van der Waals surface area contributed by atoms with Gasteiger partial charge >= 0.3 is 0 Å². The van der Waals surface area contributed by atoms with Gasteiger partial charge in [0.25, 0.3) is 0 Å². The molecule has 13 heteroatoms. The number of aliphatic hydroxyl groups excluding tert-OH is 6. The molecule has 1 saturated heterocycles. The van der Waals surface area contributed by atoms with Crippen LogP contribution < -0.4 is 22.1 Å². The summed E-state index contributed by atoms with van der Waals surface area (Å²) in [6.45, 7) is -0.477. The maximum absolute atomic E-state index is 11.8. The molecule has 1 heterocycles. The average Bonchev–Trinajstić information content (AvgIpc) is 2.73. The maximum Gasteiger partial charge on any atom is 0.250 e. The van der Waals surface area contributed by atoms with E-state index in [9.17, 15) is 30.3 Å². The van der Waals surface area contributed by atoms with E-state index < -0.39 is 73.6 Å². The van der Waals surface area contributed by atoms with Gasteiger partial charge in [-0.25, -0.2) is 0 Å². The third kappa shape index (κ3) is 7.54. The van der Waals surface area contributed by atoms with Crippen LogP contribution in [0.15, 0.2) is 0 Å². The van der Waals surface area contributed by atoms with Crippen molar-refractivity contribution in [1.29, 1.82) is 0 Å². The number of hydrogen-bond acceptors (Lipinski definition) is 12. The van der Waals surface area contributed by atoms with Crippen molar-refractivity contribution in [1.82, 2.24) is 10.6 Å². The van der Waals surface area contributed by atoms with E-state index in [1.165, 1.54) is 0 Å². The van der Waals surface area contributed by atoms with Gasteiger partial charge in [0, 0.05) is 38.1 Å². The quantitative estimate of drug-likeness (QED) is 0.149. The summed E-state index contributed by atoms with van der Waals surface area (Å²) in [6, 6.07) is -1.12. The van der Waals surface area contributed by atoms with E-state index in [0.717, 1.165) is 0 Å². The molecule has 1 aliphatic carbocycles. The molecule has 2 aliphatic rings. The number of nitrogens with two attached hydrogens (primary N) is 2. The van der Waals surface area contributed by atoms with Gasteiger partial charge in [0.15, 0.2) is 6.29 Å². The monoisotopic (exact) mass is 452 g/mol. The largest absolute Gasteiger partial charge is 0.394 e. The molecule has 0 aromatic rings. The first-order valence-corrected chi connectivity index (χ1v) is 10.4. The number of aliphatic hydroxyl groups is 6. The summed E-state index contributed by atoms with van der Waals surface area (Å²) in [5.74, 6) is -0.638. The lowest BCUT2D eigenvalue weighted by atomic mass is 9.86. The number of rotatable bonds is 10. The number of amides is 1. The number of hydrogen-bond donors (Lipinski definition) is 10. The average molecular weight is 453 g/mol. The van der Waals surface area contributed by atoms with Gasteiger partial charge in [-0.2, -0.15) is 0 Å². The molecule has 2 fully saturated rings. The van der Waals surface area contributed by atoms with Crippen molar-refractivity contribution in [3.05, 3.63) is 0 Å². The molecule has 7 unspecified atom stereocenters. The first-order chi connectivity index (χ1) is 14.7. The first-order valence-electron chi connectivity index (χ1n) is 10.4. The Morgan fingerprint density at radius 3 is 2.48 bits per heavy atom. The summed E-state index contributed by atoms with van der Waals surface area (Å²) >= 11 is 0. The Kier molecular flexibility index (Phi) is 10.4. The molecule has 13 nitrogen and oxygen atoms in total. The molecule has 31 heavy (non-hydrogen) atoms. The van der Waals surface area contributed by atoms with Gasteiger partial charge in [-0.1, -0.05) is 0 Å². The lowest BCUT2D eigenvalue weighted by Crippen LogP contribution is -2.59. The molecule has 1 saturated carbocycles. The standard InChI is InChI=1S/C18H36N4O9/c19-4-13(27)18(29)22-8-1-10(20)17(12(26)2-8)31-15-3-11(25)16(28)14(30-15)6-21-5-9(24)7-23/h8-17,21,23-28H,1-7,19-20H2,(H,22,29)/t8?,9?,10?,11?,12?,13?,14?,15-,16+,17-/m1/s1. The van der Waals surface area contributed by atoms with Crippen molar-refractivity contribution in [2.75, 3.05) is 26.2 Å². The predicted octanol–water partition coefficient (Wildman–Crippen LogP) is -5.56. The van der Waals surface area contributed by atoms with Crippen LogP contribution in [0.25, 0.3) is 0 Å². The fourth-order valence-corrected chi connectivity index (χ4v) is 3.79. The molecular weight excluding hydrogens is 416 g/mol. The van der Waals surface area contributed by atoms with Crippen molar-refractivity contribution in [2.45, 2.75) is 80.4 Å². The summed E-state index contributed by atoms with van der Waals surface area (Å²) in [4.78, 5) is 11.8. The number of carbonyl (C=O) groups is 1. The Morgan fingerprint density at radius 2 is 1.87 bits per heavy atom. The molecule has 0 aromatic carbocycles. The van der Waals surface area contributed by atoms with Crippen molar-refractivity contribution in [2.24, 2.45) is 11.5 Å². The van der Waals surface area contributed by atoms with E-state index in [1.807, 2.05) is 0 Å². The summed E-state index contributed by atoms with van der Waals surface area (Å²) in [7, 11) is 0. The molecule has 1 amide bonds. The molecule has 0 bridgehead atoms. The van der Waals surface area contributed by atoms with Gasteiger partial charge in [0.05, 0.1) is 24.9 Å². The van der Waals surface area contributed by atoms with Crippen molar-refractivity contribution >= 4 is 5.91 Å². The zero-order chi connectivity index (χ0) is 23.1. The topological polar surface area (TPSA) is 233 Å². The van der Waals surface area contributed by atoms with Gasteiger partial charge in [-0.3, -0.25) is 4.79 Å². The fraction of sp³-hybridized carbons (Fsp3) is 0.944. The number of carbonyl (C=O) groups excluding carboxylic acids is 1. The molecule has 0 radical (unpaired) electrons. The summed E-state index contributed by atoms with van der Waals surface area (Å²) < 4.78 is 11.5. The molecule has 1 aliphatic heterocycles. The zero-order valence-electron chi connectivity index (χ0n) is 17.3. The Morgan fingerprint density at radius 1 is 1.16 bits per heavy atom. The van der Waals surface area contributed by atoms with Crippen molar-refractivity contribution < 1.29 is 44.9 Å². The van der Waals surface area contributed by atoms with Gasteiger partial charge < -0.3 is 62.2 Å². The van der Waals surface area contributed by atoms with E-state index in [-0.39, 0.29) is 38.9 Å². The maximum atomic E-state index is 11.8. The second-order valence-corrected chi connectivity index (χ2v) is 8.15. The van der Waals surface area contributed by atoms with Crippen LogP contribution in [0, 0.1) is 0 Å². The molecule has 0 spiro atoms. The van der Waals surface area contributed by atoms with E-state index in [2.05, 4.69) is 10.6 Å². The minimum absolute atomic E-state index is 0.0320. The van der Waals surface area contributed by atoms with Crippen LogP contribution in [0.3, 0.4) is 0 Å². The highest BCUT2D eigenvalue weighted by Crippen LogP contribution is 2.27. The SMILES string of the molecule is NCC(O)C(=O)NC1CC(N)[C@@H](O[C@@H]2CC(O)[C@H](O)C(CNCC(O)CO)O2)C(O)C1. The fourth-order valence-electron chi connectivity index (χ4n) is 3.79. The van der Waals surface area contributed by atoms with Crippen LogP contribution in [0.4, 0.5) is 0 Å². The molecule has 2 rings (SSSR count). The molecular formula is C18H36N4O9. The highest BCUT2D eigenvalue weighted by molar-refractivity contribution is 5.81. The smallest absolute Gasteiger partial charge is 0.250 e. The third-order valence-corrected chi connectivity index (χ3v) is 5.54. The minimum atomic E-state index is -1.34. The molecule has 0 aromatic heterocycles. The van der Waals surface area contributed by atoms with E-state index in [4.69, 9.17) is 26.0 Å². The highest BCUT2D eigenvalue weighted by Gasteiger charge is 2.42. The Hall–Kier alpha value is -0.970. The summed E-state index contributed by atoms with van der Waals surface area (Å²) in [5.41, 5.74) is 11.4. The Labute approximate surface area is 180 Å². The summed E-state index contributed by atoms with van der Waals surface area (Å²) in [5, 5.41) is 63.9. The normalized spacial score (nSPS) is 38.5. The summed E-state index contributed by atoms with van der Waals surface area (Å²) in [6.07, 6.45) is -7.87. The second-order valence-electron chi connectivity index (χ2n) is 8.15. The van der Waals surface area contributed by atoms with Crippen LogP contribution in [-0.2, 0) is 14.3 Å². The van der Waals surface area contributed by atoms with Gasteiger partial charge in [-0.05, 0) is 12.8 Å². The van der Waals surface area contributed by atoms with E-state index in [1.54, 1.807) is 0 Å². The van der Waals surface area contributed by atoms with Crippen LogP contribution in [0.5, 0.6) is 0 Å². The van der Waals surface area contributed by atoms with E-state index in [0.29, 0.717) is 0 Å². The van der Waals surface area contributed by atoms with Crippen LogP contribution in [-0.4, -0.2) is 124 Å². The van der Waals surface area contributed by atoms with Crippen LogP contribution in [0.1, 0.15) is 19.3 Å². The molecule has 182 valence electrons. The lowest BCUT2D eigenvalue weighted by Gasteiger charge is -2.43. The minimum Gasteiger partial charge on any atom is -0.394 e. The zero-order valence-corrected chi connectivity index (χ0v) is 17.3. The second kappa shape index (κ2) is 12.3. The van der Waals surface area contributed by atoms with Gasteiger partial charge in [0.1, 0.15) is 24.4 Å². The van der Waals surface area contributed by atoms with Crippen LogP contribution in [0.2, 0.25) is 0 Å². The first kappa shape index (κ1) is 26.3. The van der Waals surface area contributed by atoms with Crippen molar-refractivity contribution in [3.63, 3.8) is 0 Å². The van der Waals surface area contributed by atoms with Crippen LogP contribution >= 0.6 is 0 Å². The highest BCUT2D eigenvalue weighted by atomic mass is 16.7. The molecule has 10 atom stereocenters. The Balaban J connectivity index is 1.88. The van der Waals surface area contributed by atoms with E-state index >= 15 is 0 Å². The molecule has 12 N–H and O–H groups in total. The number of nitrogens with one attached hydrogen (secondary N) is 2. The third-order valence-electron chi connectivity index (χ3n) is 5.54. The van der Waals surface area contributed by atoms with Crippen molar-refractivity contribution in [3.8, 4) is 0 Å². The lowest BCUT2D eigenvalue weighted by molar-refractivity contribution is -0.276.